The zero-order valence-corrected chi connectivity index (χ0v) is 24.3. The molecule has 2 saturated carbocycles. The molecule has 4 N–H and O–H groups in total. The van der Waals surface area contributed by atoms with Gasteiger partial charge in [-0.05, 0) is 98.7 Å². The van der Waals surface area contributed by atoms with Gasteiger partial charge in [0.1, 0.15) is 5.75 Å². The Morgan fingerprint density at radius 2 is 1.92 bits per heavy atom. The Labute approximate surface area is 239 Å². The number of nitrogens with two attached hydrogens (primary N) is 1. The van der Waals surface area contributed by atoms with Gasteiger partial charge in [0.25, 0.3) is 0 Å². The maximum atomic E-state index is 14.1. The van der Waals surface area contributed by atoms with Crippen LogP contribution in [0.3, 0.4) is 0 Å². The monoisotopic (exact) mass is 559 g/mol. The van der Waals surface area contributed by atoms with Crippen LogP contribution in [0.4, 0.5) is 0 Å². The van der Waals surface area contributed by atoms with Crippen molar-refractivity contribution in [3.05, 3.63) is 63.8 Å². The van der Waals surface area contributed by atoms with E-state index in [9.17, 15) is 9.90 Å². The number of nitrogens with one attached hydrogen (secondary N) is 1. The molecule has 0 amide bonds. The lowest BCUT2D eigenvalue weighted by Crippen LogP contribution is -2.50. The van der Waals surface area contributed by atoms with Gasteiger partial charge >= 0.3 is 0 Å². The quantitative estimate of drug-likeness (QED) is 0.128. The molecule has 1 spiro atoms. The van der Waals surface area contributed by atoms with Crippen LogP contribution in [-0.2, 0) is 6.42 Å². The van der Waals surface area contributed by atoms with Crippen molar-refractivity contribution in [2.75, 3.05) is 7.05 Å². The highest BCUT2D eigenvalue weighted by Crippen LogP contribution is 2.56. The lowest BCUT2D eigenvalue weighted by atomic mass is 9.59. The first-order chi connectivity index (χ1) is 18.9. The first kappa shape index (κ1) is 27.5. The van der Waals surface area contributed by atoms with E-state index in [0.29, 0.717) is 17.7 Å². The molecule has 39 heavy (non-hydrogen) atoms. The molecule has 5 nitrogen and oxygen atoms in total. The van der Waals surface area contributed by atoms with Crippen LogP contribution in [0.15, 0.2) is 53.5 Å². The number of aliphatic imine (C=N–C) groups is 1. The van der Waals surface area contributed by atoms with Crippen LogP contribution in [0.5, 0.6) is 5.75 Å². The average Bonchev–Trinajstić information content (AvgIpc) is 3.70. The predicted molar refractivity (Wildman–Crippen MR) is 163 cm³/mol. The fraction of sp³-hybridized carbons (Fsp3) is 0.438. The third kappa shape index (κ3) is 6.08. The summed E-state index contributed by atoms with van der Waals surface area (Å²) in [7, 11) is 1.70. The first-order valence-electron chi connectivity index (χ1n) is 13.8. The highest BCUT2D eigenvalue weighted by molar-refractivity contribution is 7.23. The Bertz CT molecular complexity index is 1400. The van der Waals surface area contributed by atoms with Crippen molar-refractivity contribution in [2.24, 2.45) is 28.0 Å². The summed E-state index contributed by atoms with van der Waals surface area (Å²) in [6.45, 7) is 1.85. The third-order valence-electron chi connectivity index (χ3n) is 8.61. The van der Waals surface area contributed by atoms with Crippen LogP contribution in [0.25, 0.3) is 9.75 Å². The standard InChI is InChI=1S/C32H37N3O2S2/c1-3-7-24-11-13-27(38-24)28-14-15-29(39-28)30(37)25-12-10-22(20-32(25)16-4-5-17-32)26(35-31(33)34-2)19-21-8-6-9-23(36)18-21/h6,8-9,11,13-15,18,22,25-26,36H,4-5,10,12,16-17,19-20H2,1-2H3,(H3,33,34,35)/t22-,25-,26+/m0/s1. The van der Waals surface area contributed by atoms with Gasteiger partial charge in [0.15, 0.2) is 11.7 Å². The summed E-state index contributed by atoms with van der Waals surface area (Å²) in [5, 5.41) is 13.5. The van der Waals surface area contributed by atoms with Crippen LogP contribution in [0.2, 0.25) is 0 Å². The Hall–Kier alpha value is -3.08. The molecule has 2 aliphatic carbocycles. The number of phenolic OH excluding ortho intramolecular Hbond substituents is 1. The molecule has 1 aromatic carbocycles. The first-order valence-corrected chi connectivity index (χ1v) is 15.5. The van der Waals surface area contributed by atoms with Gasteiger partial charge in [0.2, 0.25) is 0 Å². The molecule has 2 aromatic heterocycles. The second-order valence-corrected chi connectivity index (χ2v) is 13.1. The van der Waals surface area contributed by atoms with E-state index in [-0.39, 0.29) is 23.1 Å². The van der Waals surface area contributed by atoms with Crippen molar-refractivity contribution < 1.29 is 9.90 Å². The number of rotatable bonds is 7. The number of hydrogen-bond acceptors (Lipinski definition) is 5. The van der Waals surface area contributed by atoms with Crippen LogP contribution >= 0.6 is 22.7 Å². The molecular formula is C32H37N3O2S2. The number of nitrogens with zero attached hydrogens (tertiary/aromatic N) is 1. The summed E-state index contributed by atoms with van der Waals surface area (Å²) in [6, 6.07) is 15.9. The summed E-state index contributed by atoms with van der Waals surface area (Å²) in [5.41, 5.74) is 7.27. The Morgan fingerprint density at radius 3 is 2.67 bits per heavy atom. The van der Waals surface area contributed by atoms with Gasteiger partial charge in [-0.2, -0.15) is 0 Å². The number of guanidine groups is 1. The molecule has 0 aliphatic heterocycles. The number of Topliss-reactive ketones (excluding diaryl/α,β-unsaturated/α-hetero) is 1. The average molecular weight is 560 g/mol. The number of hydrogen-bond donors (Lipinski definition) is 3. The number of thiophene rings is 2. The number of carbonyl (C=O) groups excluding carboxylic acids is 1. The van der Waals surface area contributed by atoms with E-state index in [1.54, 1.807) is 35.8 Å². The number of ketones is 1. The molecule has 5 rings (SSSR count). The molecule has 0 radical (unpaired) electrons. The number of carbonyl (C=O) groups is 1. The summed E-state index contributed by atoms with van der Waals surface area (Å²) >= 11 is 3.31. The predicted octanol–water partition coefficient (Wildman–Crippen LogP) is 6.86. The molecule has 2 aliphatic rings. The van der Waals surface area contributed by atoms with Crippen molar-refractivity contribution >= 4 is 34.4 Å². The van der Waals surface area contributed by atoms with Crippen molar-refractivity contribution in [1.29, 1.82) is 0 Å². The van der Waals surface area contributed by atoms with Gasteiger partial charge in [0.05, 0.1) is 9.75 Å². The molecule has 0 bridgehead atoms. The molecule has 3 aromatic rings. The Kier molecular flexibility index (Phi) is 8.44. The van der Waals surface area contributed by atoms with E-state index in [1.165, 1.54) is 17.7 Å². The minimum absolute atomic E-state index is 0.0356. The fourth-order valence-electron chi connectivity index (χ4n) is 6.80. The van der Waals surface area contributed by atoms with Crippen LogP contribution in [-0.4, -0.2) is 29.9 Å². The Morgan fingerprint density at radius 1 is 1.15 bits per heavy atom. The highest BCUT2D eigenvalue weighted by Gasteiger charge is 2.50. The number of phenols is 1. The van der Waals surface area contributed by atoms with Gasteiger partial charge in [-0.3, -0.25) is 9.79 Å². The maximum Gasteiger partial charge on any atom is 0.188 e. The summed E-state index contributed by atoms with van der Waals surface area (Å²) in [6.07, 6.45) is 8.22. The second kappa shape index (κ2) is 12.0. The van der Waals surface area contributed by atoms with Crippen LogP contribution in [0.1, 0.15) is 72.0 Å². The molecule has 3 atom stereocenters. The SMILES string of the molecule is CC#Cc1ccc(-c2ccc(C(=O)[C@@H]3CC[C@H]([C@@H](Cc4cccc(O)c4)NC(N)=NC)CC34CCCC4)s2)s1. The van der Waals surface area contributed by atoms with Gasteiger partial charge in [-0.15, -0.1) is 28.6 Å². The molecule has 7 heteroatoms. The lowest BCUT2D eigenvalue weighted by Gasteiger charge is -2.46. The Balaban J connectivity index is 1.36. The van der Waals surface area contributed by atoms with Gasteiger partial charge in [0, 0.05) is 28.8 Å². The van der Waals surface area contributed by atoms with Crippen molar-refractivity contribution in [2.45, 2.75) is 64.3 Å². The largest absolute Gasteiger partial charge is 0.508 e. The minimum Gasteiger partial charge on any atom is -0.508 e. The van der Waals surface area contributed by atoms with E-state index in [1.807, 2.05) is 31.2 Å². The number of aromatic hydroxyl groups is 1. The zero-order chi connectivity index (χ0) is 27.4. The maximum absolute atomic E-state index is 14.1. The smallest absolute Gasteiger partial charge is 0.188 e. The normalized spacial score (nSPS) is 21.3. The molecule has 0 unspecified atom stereocenters. The number of benzene rings is 1. The molecule has 0 saturated heterocycles. The molecule has 204 valence electrons. The summed E-state index contributed by atoms with van der Waals surface area (Å²) in [4.78, 5) is 22.5. The van der Waals surface area contributed by atoms with Crippen LogP contribution < -0.4 is 11.1 Å². The minimum atomic E-state index is 0.0356. The summed E-state index contributed by atoms with van der Waals surface area (Å²) in [5.74, 6) is 7.57. The van der Waals surface area contributed by atoms with E-state index >= 15 is 0 Å². The molecule has 2 heterocycles. The highest BCUT2D eigenvalue weighted by atomic mass is 32.1. The van der Waals surface area contributed by atoms with E-state index in [4.69, 9.17) is 5.73 Å². The van der Waals surface area contributed by atoms with Crippen molar-refractivity contribution in [1.82, 2.24) is 5.32 Å². The lowest BCUT2D eigenvalue weighted by molar-refractivity contribution is 0.0411. The zero-order valence-electron chi connectivity index (χ0n) is 22.7. The van der Waals surface area contributed by atoms with Crippen molar-refractivity contribution in [3.63, 3.8) is 0 Å². The van der Waals surface area contributed by atoms with Gasteiger partial charge in [-0.1, -0.05) is 30.9 Å². The van der Waals surface area contributed by atoms with Crippen LogP contribution in [0, 0.1) is 29.1 Å². The van der Waals surface area contributed by atoms with Crippen molar-refractivity contribution in [3.8, 4) is 27.3 Å². The van der Waals surface area contributed by atoms with Gasteiger partial charge < -0.3 is 16.2 Å². The molecule has 2 fully saturated rings. The summed E-state index contributed by atoms with van der Waals surface area (Å²) < 4.78 is 0. The van der Waals surface area contributed by atoms with E-state index < -0.39 is 0 Å². The fourth-order valence-corrected chi connectivity index (χ4v) is 8.80. The van der Waals surface area contributed by atoms with Gasteiger partial charge in [-0.25, -0.2) is 0 Å². The van der Waals surface area contributed by atoms with E-state index in [0.717, 1.165) is 58.7 Å². The van der Waals surface area contributed by atoms with E-state index in [2.05, 4.69) is 40.3 Å². The topological polar surface area (TPSA) is 87.7 Å². The second-order valence-electron chi connectivity index (χ2n) is 11.0. The molecular weight excluding hydrogens is 523 g/mol. The third-order valence-corrected chi connectivity index (χ3v) is 10.9.